The smallest absolute Gasteiger partial charge is 0.337 e. The van der Waals surface area contributed by atoms with Gasteiger partial charge in [-0.05, 0) is 43.0 Å². The Hall–Kier alpha value is -2.66. The van der Waals surface area contributed by atoms with Gasteiger partial charge in [0.25, 0.3) is 5.91 Å². The Labute approximate surface area is 147 Å². The Bertz CT molecular complexity index is 697. The summed E-state index contributed by atoms with van der Waals surface area (Å²) in [4.78, 5) is 23.5. The Morgan fingerprint density at radius 2 is 1.72 bits per heavy atom. The molecule has 2 aromatic rings. The summed E-state index contributed by atoms with van der Waals surface area (Å²) in [5.74, 6) is -0.762. The summed E-state index contributed by atoms with van der Waals surface area (Å²) in [7, 11) is 1.35. The van der Waals surface area contributed by atoms with E-state index in [0.717, 1.165) is 18.4 Å². The zero-order valence-electron chi connectivity index (χ0n) is 14.4. The van der Waals surface area contributed by atoms with Crippen molar-refractivity contribution >= 4 is 11.9 Å². The van der Waals surface area contributed by atoms with Gasteiger partial charge in [0, 0.05) is 6.04 Å². The zero-order valence-corrected chi connectivity index (χ0v) is 14.4. The molecule has 5 nitrogen and oxygen atoms in total. The second-order valence-corrected chi connectivity index (χ2v) is 5.95. The molecule has 132 valence electrons. The Balaban J connectivity index is 1.83. The molecule has 0 saturated heterocycles. The zero-order chi connectivity index (χ0) is 18.2. The first-order chi connectivity index (χ1) is 12.0. The summed E-state index contributed by atoms with van der Waals surface area (Å²) >= 11 is 0. The lowest BCUT2D eigenvalue weighted by atomic mass is 10.0. The van der Waals surface area contributed by atoms with E-state index in [9.17, 15) is 14.7 Å². The summed E-state index contributed by atoms with van der Waals surface area (Å²) in [5, 5.41) is 12.9. The molecule has 1 amide bonds. The third-order valence-electron chi connectivity index (χ3n) is 3.99. The molecule has 2 atom stereocenters. The molecule has 0 heterocycles. The average Bonchev–Trinajstić information content (AvgIpc) is 2.66. The van der Waals surface area contributed by atoms with Crippen LogP contribution in [0.5, 0.6) is 0 Å². The maximum absolute atomic E-state index is 12.1. The van der Waals surface area contributed by atoms with E-state index in [0.29, 0.717) is 11.1 Å². The Morgan fingerprint density at radius 3 is 2.32 bits per heavy atom. The highest BCUT2D eigenvalue weighted by Crippen LogP contribution is 2.13. The van der Waals surface area contributed by atoms with E-state index >= 15 is 0 Å². The van der Waals surface area contributed by atoms with Gasteiger partial charge in [-0.2, -0.15) is 0 Å². The second-order valence-electron chi connectivity index (χ2n) is 5.95. The number of rotatable bonds is 7. The highest BCUT2D eigenvalue weighted by Gasteiger charge is 2.18. The van der Waals surface area contributed by atoms with Crippen LogP contribution in [0.1, 0.15) is 40.9 Å². The van der Waals surface area contributed by atoms with Crippen LogP contribution in [0.15, 0.2) is 54.6 Å². The van der Waals surface area contributed by atoms with Crippen LogP contribution in [-0.4, -0.2) is 30.1 Å². The van der Waals surface area contributed by atoms with Gasteiger partial charge in [0.15, 0.2) is 6.10 Å². The van der Waals surface area contributed by atoms with Crippen LogP contribution >= 0.6 is 0 Å². The number of aliphatic hydroxyl groups excluding tert-OH is 1. The molecule has 0 aliphatic heterocycles. The average molecular weight is 341 g/mol. The SMILES string of the molecule is COC(=O)c1ccc(CC[C@@H](C)NC(=O)C(O)c2ccccc2)cc1. The lowest BCUT2D eigenvalue weighted by Crippen LogP contribution is -2.36. The molecule has 0 saturated carbocycles. The highest BCUT2D eigenvalue weighted by atomic mass is 16.5. The van der Waals surface area contributed by atoms with Crippen molar-refractivity contribution in [1.82, 2.24) is 5.32 Å². The third kappa shape index (κ3) is 5.43. The monoisotopic (exact) mass is 341 g/mol. The van der Waals surface area contributed by atoms with Crippen LogP contribution in [0.25, 0.3) is 0 Å². The number of methoxy groups -OCH3 is 1. The highest BCUT2D eigenvalue weighted by molar-refractivity contribution is 5.89. The third-order valence-corrected chi connectivity index (χ3v) is 3.99. The predicted molar refractivity (Wildman–Crippen MR) is 95.1 cm³/mol. The van der Waals surface area contributed by atoms with Gasteiger partial charge in [-0.1, -0.05) is 42.5 Å². The summed E-state index contributed by atoms with van der Waals surface area (Å²) in [6, 6.07) is 16.0. The van der Waals surface area contributed by atoms with Crippen molar-refractivity contribution in [2.24, 2.45) is 0 Å². The molecule has 2 N–H and O–H groups in total. The van der Waals surface area contributed by atoms with Crippen molar-refractivity contribution in [2.75, 3.05) is 7.11 Å². The molecule has 2 aromatic carbocycles. The predicted octanol–water partition coefficient (Wildman–Crippen LogP) is 2.64. The summed E-state index contributed by atoms with van der Waals surface area (Å²) in [6.07, 6.45) is 0.317. The summed E-state index contributed by atoms with van der Waals surface area (Å²) in [5.41, 5.74) is 2.15. The first kappa shape index (κ1) is 18.7. The molecule has 0 aromatic heterocycles. The number of nitrogens with one attached hydrogen (secondary N) is 1. The fraction of sp³-hybridized carbons (Fsp3) is 0.300. The van der Waals surface area contributed by atoms with Crippen LogP contribution in [0.2, 0.25) is 0 Å². The number of carbonyl (C=O) groups is 2. The van der Waals surface area contributed by atoms with Gasteiger partial charge < -0.3 is 15.2 Å². The van der Waals surface area contributed by atoms with Gasteiger partial charge >= 0.3 is 5.97 Å². The molecule has 1 unspecified atom stereocenters. The van der Waals surface area contributed by atoms with Crippen molar-refractivity contribution < 1.29 is 19.4 Å². The summed E-state index contributed by atoms with van der Waals surface area (Å²) < 4.78 is 4.67. The fourth-order valence-corrected chi connectivity index (χ4v) is 2.49. The molecule has 0 bridgehead atoms. The number of ether oxygens (including phenoxy) is 1. The molecule has 0 spiro atoms. The van der Waals surface area contributed by atoms with Crippen LogP contribution in [0.4, 0.5) is 0 Å². The van der Waals surface area contributed by atoms with E-state index in [1.807, 2.05) is 25.1 Å². The molecule has 0 radical (unpaired) electrons. The maximum atomic E-state index is 12.1. The summed E-state index contributed by atoms with van der Waals surface area (Å²) in [6.45, 7) is 1.90. The van der Waals surface area contributed by atoms with Gasteiger partial charge in [-0.15, -0.1) is 0 Å². The van der Waals surface area contributed by atoms with Crippen molar-refractivity contribution in [2.45, 2.75) is 31.9 Å². The van der Waals surface area contributed by atoms with Crippen LogP contribution in [0.3, 0.4) is 0 Å². The first-order valence-electron chi connectivity index (χ1n) is 8.22. The van der Waals surface area contributed by atoms with E-state index in [4.69, 9.17) is 0 Å². The lowest BCUT2D eigenvalue weighted by molar-refractivity contribution is -0.130. The minimum Gasteiger partial charge on any atom is -0.465 e. The first-order valence-corrected chi connectivity index (χ1v) is 8.22. The number of hydrogen-bond acceptors (Lipinski definition) is 4. The fourth-order valence-electron chi connectivity index (χ4n) is 2.49. The lowest BCUT2D eigenvalue weighted by Gasteiger charge is -2.17. The molecule has 0 fully saturated rings. The molecule has 0 aliphatic rings. The van der Waals surface area contributed by atoms with E-state index in [2.05, 4.69) is 10.1 Å². The molecule has 25 heavy (non-hydrogen) atoms. The quantitative estimate of drug-likeness (QED) is 0.759. The second kappa shape index (κ2) is 8.99. The Kier molecular flexibility index (Phi) is 6.71. The van der Waals surface area contributed by atoms with E-state index in [-0.39, 0.29) is 12.0 Å². The molecule has 2 rings (SSSR count). The van der Waals surface area contributed by atoms with Crippen LogP contribution < -0.4 is 5.32 Å². The number of aliphatic hydroxyl groups is 1. The van der Waals surface area contributed by atoms with Crippen molar-refractivity contribution in [3.63, 3.8) is 0 Å². The van der Waals surface area contributed by atoms with Gasteiger partial charge in [0.1, 0.15) is 0 Å². The van der Waals surface area contributed by atoms with E-state index < -0.39 is 12.0 Å². The van der Waals surface area contributed by atoms with Gasteiger partial charge in [-0.25, -0.2) is 4.79 Å². The number of hydrogen-bond donors (Lipinski definition) is 2. The Morgan fingerprint density at radius 1 is 1.08 bits per heavy atom. The van der Waals surface area contributed by atoms with Crippen LogP contribution in [-0.2, 0) is 16.0 Å². The molecule has 5 heteroatoms. The number of carbonyl (C=O) groups excluding carboxylic acids is 2. The maximum Gasteiger partial charge on any atom is 0.337 e. The minimum absolute atomic E-state index is 0.0776. The van der Waals surface area contributed by atoms with E-state index in [1.165, 1.54) is 7.11 Å². The van der Waals surface area contributed by atoms with Crippen molar-refractivity contribution in [3.8, 4) is 0 Å². The van der Waals surface area contributed by atoms with Gasteiger partial charge in [0.05, 0.1) is 12.7 Å². The largest absolute Gasteiger partial charge is 0.465 e. The van der Waals surface area contributed by atoms with Gasteiger partial charge in [0.2, 0.25) is 0 Å². The minimum atomic E-state index is -1.16. The number of amides is 1. The van der Waals surface area contributed by atoms with Crippen molar-refractivity contribution in [1.29, 1.82) is 0 Å². The number of esters is 1. The van der Waals surface area contributed by atoms with Gasteiger partial charge in [-0.3, -0.25) is 4.79 Å². The topological polar surface area (TPSA) is 75.6 Å². The molecular formula is C20H23NO4. The number of aryl methyl sites for hydroxylation is 1. The normalized spacial score (nSPS) is 12.9. The van der Waals surface area contributed by atoms with E-state index in [1.54, 1.807) is 36.4 Å². The van der Waals surface area contributed by atoms with Crippen LogP contribution in [0, 0.1) is 0 Å². The van der Waals surface area contributed by atoms with Crippen molar-refractivity contribution in [3.05, 3.63) is 71.3 Å². The molecule has 0 aliphatic carbocycles. The molecular weight excluding hydrogens is 318 g/mol. The standard InChI is InChI=1S/C20H23NO4/c1-14(21-19(23)18(22)16-6-4-3-5-7-16)8-9-15-10-12-17(13-11-15)20(24)25-2/h3-7,10-14,18,22H,8-9H2,1-2H3,(H,21,23)/t14-,18?/m1/s1. The number of benzene rings is 2.